The van der Waals surface area contributed by atoms with Gasteiger partial charge >= 0.3 is 5.97 Å². The van der Waals surface area contributed by atoms with Gasteiger partial charge < -0.3 is 14.8 Å². The van der Waals surface area contributed by atoms with E-state index in [2.05, 4.69) is 10.1 Å². The van der Waals surface area contributed by atoms with Crippen LogP contribution in [0.15, 0.2) is 6.07 Å². The Morgan fingerprint density at radius 2 is 2.47 bits per heavy atom. The number of carbonyl (C=O) groups excluding carboxylic acids is 2. The molecule has 6 nitrogen and oxygen atoms in total. The summed E-state index contributed by atoms with van der Waals surface area (Å²) in [6, 6.07) is 3.35. The molecule has 0 bridgehead atoms. The monoisotopic (exact) mass is 254 g/mol. The van der Waals surface area contributed by atoms with Gasteiger partial charge in [0, 0.05) is 6.07 Å². The molecule has 0 spiro atoms. The molecule has 90 valence electrons. The Labute approximate surface area is 102 Å². The quantitative estimate of drug-likeness (QED) is 0.454. The van der Waals surface area contributed by atoms with Gasteiger partial charge in [0.15, 0.2) is 5.06 Å². The Hall–Kier alpha value is -2.07. The summed E-state index contributed by atoms with van der Waals surface area (Å²) in [6.45, 7) is 0.627. The standard InChI is InChI=1S/C10H10N2O4S/c1-15-10(14)7-4-9(17-8(7)5-11)16-3-2-12-6-13/h4,6H,2-3H2,1H3,(H,12,13). The summed E-state index contributed by atoms with van der Waals surface area (Å²) in [5, 5.41) is 11.7. The van der Waals surface area contributed by atoms with E-state index in [1.807, 2.05) is 6.07 Å². The number of thiophene rings is 1. The lowest BCUT2D eigenvalue weighted by atomic mass is 10.3. The van der Waals surface area contributed by atoms with Crippen molar-refractivity contribution in [1.82, 2.24) is 5.32 Å². The maximum absolute atomic E-state index is 11.3. The zero-order valence-electron chi connectivity index (χ0n) is 9.06. The molecule has 0 radical (unpaired) electrons. The highest BCUT2D eigenvalue weighted by atomic mass is 32.1. The average Bonchev–Trinajstić information content (AvgIpc) is 2.77. The highest BCUT2D eigenvalue weighted by Gasteiger charge is 2.17. The number of nitrogens with one attached hydrogen (secondary N) is 1. The minimum atomic E-state index is -0.571. The molecule has 0 aliphatic carbocycles. The second-order valence-electron chi connectivity index (χ2n) is 2.83. The fourth-order valence-corrected chi connectivity index (χ4v) is 1.87. The van der Waals surface area contributed by atoms with Gasteiger partial charge in [-0.25, -0.2) is 4.79 Å². The van der Waals surface area contributed by atoms with Crippen molar-refractivity contribution in [3.63, 3.8) is 0 Å². The van der Waals surface area contributed by atoms with Crippen molar-refractivity contribution in [2.75, 3.05) is 20.3 Å². The molecule has 1 aromatic heterocycles. The maximum Gasteiger partial charge on any atom is 0.340 e. The molecule has 0 saturated carbocycles. The van der Waals surface area contributed by atoms with E-state index in [0.29, 0.717) is 18.0 Å². The van der Waals surface area contributed by atoms with E-state index in [0.717, 1.165) is 11.3 Å². The first kappa shape index (κ1) is 13.0. The number of hydrogen-bond donors (Lipinski definition) is 1. The van der Waals surface area contributed by atoms with Crippen LogP contribution in [-0.2, 0) is 9.53 Å². The van der Waals surface area contributed by atoms with Crippen LogP contribution in [0.5, 0.6) is 5.06 Å². The second kappa shape index (κ2) is 6.50. The van der Waals surface area contributed by atoms with E-state index in [9.17, 15) is 9.59 Å². The van der Waals surface area contributed by atoms with Crippen LogP contribution < -0.4 is 10.1 Å². The SMILES string of the molecule is COC(=O)c1cc(OCCNC=O)sc1C#N. The molecule has 7 heteroatoms. The van der Waals surface area contributed by atoms with Gasteiger partial charge in [0.2, 0.25) is 6.41 Å². The number of nitriles is 1. The lowest BCUT2D eigenvalue weighted by molar-refractivity contribution is -0.109. The van der Waals surface area contributed by atoms with Crippen LogP contribution in [0, 0.1) is 11.3 Å². The summed E-state index contributed by atoms with van der Waals surface area (Å²) >= 11 is 1.06. The van der Waals surface area contributed by atoms with E-state index in [1.165, 1.54) is 13.2 Å². The molecular formula is C10H10N2O4S. The highest BCUT2D eigenvalue weighted by molar-refractivity contribution is 7.14. The summed E-state index contributed by atoms with van der Waals surface area (Å²) in [5.41, 5.74) is 0.193. The van der Waals surface area contributed by atoms with Crippen molar-refractivity contribution in [3.05, 3.63) is 16.5 Å². The van der Waals surface area contributed by atoms with Gasteiger partial charge in [0.25, 0.3) is 0 Å². The highest BCUT2D eigenvalue weighted by Crippen LogP contribution is 2.29. The molecular weight excluding hydrogens is 244 g/mol. The number of esters is 1. The molecule has 0 aliphatic heterocycles. The fraction of sp³-hybridized carbons (Fsp3) is 0.300. The molecule has 0 aromatic carbocycles. The molecule has 0 aliphatic rings. The molecule has 0 saturated heterocycles. The van der Waals surface area contributed by atoms with Crippen molar-refractivity contribution < 1.29 is 19.1 Å². The summed E-state index contributed by atoms with van der Waals surface area (Å²) < 4.78 is 9.80. The van der Waals surface area contributed by atoms with Crippen molar-refractivity contribution >= 4 is 23.7 Å². The van der Waals surface area contributed by atoms with E-state index in [4.69, 9.17) is 10.00 Å². The molecule has 1 N–H and O–H groups in total. The number of ether oxygens (including phenoxy) is 2. The number of rotatable bonds is 6. The average molecular weight is 254 g/mol. The van der Waals surface area contributed by atoms with Crippen LogP contribution in [0.4, 0.5) is 0 Å². The van der Waals surface area contributed by atoms with Gasteiger partial charge in [-0.1, -0.05) is 11.3 Å². The Kier molecular flexibility index (Phi) is 4.97. The number of methoxy groups -OCH3 is 1. The molecule has 0 unspecified atom stereocenters. The first-order chi connectivity index (χ1) is 8.22. The molecule has 1 aromatic rings. The zero-order valence-corrected chi connectivity index (χ0v) is 9.87. The van der Waals surface area contributed by atoms with Gasteiger partial charge in [-0.2, -0.15) is 5.26 Å². The van der Waals surface area contributed by atoms with Crippen molar-refractivity contribution in [2.45, 2.75) is 0 Å². The predicted octanol–water partition coefficient (Wildman–Crippen LogP) is 0.531. The minimum Gasteiger partial charge on any atom is -0.482 e. The Bertz CT molecular complexity index is 450. The van der Waals surface area contributed by atoms with E-state index in [1.54, 1.807) is 0 Å². The van der Waals surface area contributed by atoms with Crippen molar-refractivity contribution in [1.29, 1.82) is 5.26 Å². The third kappa shape index (κ3) is 3.46. The van der Waals surface area contributed by atoms with Crippen LogP contribution >= 0.6 is 11.3 Å². The number of amides is 1. The zero-order chi connectivity index (χ0) is 12.7. The van der Waals surface area contributed by atoms with E-state index >= 15 is 0 Å². The third-order valence-electron chi connectivity index (χ3n) is 1.79. The molecule has 1 rings (SSSR count). The molecule has 0 fully saturated rings. The fourth-order valence-electron chi connectivity index (χ4n) is 1.05. The minimum absolute atomic E-state index is 0.193. The first-order valence-corrected chi connectivity index (χ1v) is 5.46. The van der Waals surface area contributed by atoms with Gasteiger partial charge in [0.1, 0.15) is 17.6 Å². The van der Waals surface area contributed by atoms with Crippen LogP contribution in [0.3, 0.4) is 0 Å². The lowest BCUT2D eigenvalue weighted by Gasteiger charge is -2.00. The van der Waals surface area contributed by atoms with E-state index in [-0.39, 0.29) is 17.0 Å². The Balaban J connectivity index is 2.69. The van der Waals surface area contributed by atoms with Crippen molar-refractivity contribution in [3.8, 4) is 11.1 Å². The van der Waals surface area contributed by atoms with E-state index < -0.39 is 5.97 Å². The number of nitrogens with zero attached hydrogens (tertiary/aromatic N) is 1. The topological polar surface area (TPSA) is 88.4 Å². The van der Waals surface area contributed by atoms with Gasteiger partial charge in [-0.3, -0.25) is 4.79 Å². The maximum atomic E-state index is 11.3. The lowest BCUT2D eigenvalue weighted by Crippen LogP contribution is -2.18. The third-order valence-corrected chi connectivity index (χ3v) is 2.74. The smallest absolute Gasteiger partial charge is 0.340 e. The van der Waals surface area contributed by atoms with Crippen LogP contribution in [0.1, 0.15) is 15.2 Å². The summed E-state index contributed by atoms with van der Waals surface area (Å²) in [6.07, 6.45) is 0.568. The Morgan fingerprint density at radius 1 is 1.71 bits per heavy atom. The molecule has 17 heavy (non-hydrogen) atoms. The predicted molar refractivity (Wildman–Crippen MR) is 59.9 cm³/mol. The number of hydrogen-bond acceptors (Lipinski definition) is 6. The largest absolute Gasteiger partial charge is 0.482 e. The van der Waals surface area contributed by atoms with Crippen LogP contribution in [0.2, 0.25) is 0 Å². The molecule has 0 atom stereocenters. The van der Waals surface area contributed by atoms with Crippen LogP contribution in [0.25, 0.3) is 0 Å². The molecule has 1 amide bonds. The summed E-state index contributed by atoms with van der Waals surface area (Å²) in [4.78, 5) is 21.5. The summed E-state index contributed by atoms with van der Waals surface area (Å²) in [5.74, 6) is -0.571. The Morgan fingerprint density at radius 3 is 3.06 bits per heavy atom. The first-order valence-electron chi connectivity index (χ1n) is 4.65. The van der Waals surface area contributed by atoms with Gasteiger partial charge in [-0.15, -0.1) is 0 Å². The van der Waals surface area contributed by atoms with Crippen LogP contribution in [-0.4, -0.2) is 32.6 Å². The number of carbonyl (C=O) groups is 2. The molecule has 1 heterocycles. The summed E-state index contributed by atoms with van der Waals surface area (Å²) in [7, 11) is 1.25. The normalized spacial score (nSPS) is 9.18. The second-order valence-corrected chi connectivity index (χ2v) is 3.85. The van der Waals surface area contributed by atoms with Crippen molar-refractivity contribution in [2.24, 2.45) is 0 Å². The van der Waals surface area contributed by atoms with Gasteiger partial charge in [-0.05, 0) is 0 Å². The van der Waals surface area contributed by atoms with Gasteiger partial charge in [0.05, 0.1) is 19.2 Å².